The molecule has 0 aliphatic rings. The lowest BCUT2D eigenvalue weighted by Crippen LogP contribution is -2.43. The molecule has 0 bridgehead atoms. The van der Waals surface area contributed by atoms with E-state index in [9.17, 15) is 4.79 Å². The standard InChI is InChI=1S/C21H29N3O2/c1-16(2)24(17(3)4)15-14-22-21(25)23-18-10-12-20(13-11-18)26-19-8-6-5-7-9-19/h5-13,16-17H,14-15H2,1-4H3,(H2,22,23,25). The normalized spacial score (nSPS) is 11.0. The molecule has 2 aromatic carbocycles. The summed E-state index contributed by atoms with van der Waals surface area (Å²) in [4.78, 5) is 14.4. The second kappa shape index (κ2) is 9.82. The number of benzene rings is 2. The van der Waals surface area contributed by atoms with Crippen molar-refractivity contribution in [2.24, 2.45) is 0 Å². The minimum absolute atomic E-state index is 0.200. The predicted octanol–water partition coefficient (Wildman–Crippen LogP) is 4.72. The fraction of sp³-hybridized carbons (Fsp3) is 0.381. The van der Waals surface area contributed by atoms with E-state index in [2.05, 4.69) is 43.2 Å². The van der Waals surface area contributed by atoms with E-state index in [0.717, 1.165) is 23.7 Å². The monoisotopic (exact) mass is 355 g/mol. The second-order valence-electron chi connectivity index (χ2n) is 6.75. The Hall–Kier alpha value is -2.53. The molecule has 2 rings (SSSR count). The van der Waals surface area contributed by atoms with Gasteiger partial charge in [-0.1, -0.05) is 18.2 Å². The van der Waals surface area contributed by atoms with Crippen LogP contribution in [0.15, 0.2) is 54.6 Å². The number of para-hydroxylation sites is 1. The molecule has 0 fully saturated rings. The van der Waals surface area contributed by atoms with E-state index in [1.54, 1.807) is 0 Å². The van der Waals surface area contributed by atoms with E-state index < -0.39 is 0 Å². The molecule has 0 saturated heterocycles. The number of nitrogens with zero attached hydrogens (tertiary/aromatic N) is 1. The smallest absolute Gasteiger partial charge is 0.319 e. The van der Waals surface area contributed by atoms with Gasteiger partial charge in [-0.3, -0.25) is 4.90 Å². The van der Waals surface area contributed by atoms with Crippen LogP contribution in [0.4, 0.5) is 10.5 Å². The quantitative estimate of drug-likeness (QED) is 0.720. The van der Waals surface area contributed by atoms with E-state index in [1.165, 1.54) is 0 Å². The first-order chi connectivity index (χ1) is 12.5. The third kappa shape index (κ3) is 6.41. The van der Waals surface area contributed by atoms with Crippen molar-refractivity contribution >= 4 is 11.7 Å². The maximum Gasteiger partial charge on any atom is 0.319 e. The highest BCUT2D eigenvalue weighted by molar-refractivity contribution is 5.89. The summed E-state index contributed by atoms with van der Waals surface area (Å²) in [5.41, 5.74) is 0.729. The SMILES string of the molecule is CC(C)N(CCNC(=O)Nc1ccc(Oc2ccccc2)cc1)C(C)C. The highest BCUT2D eigenvalue weighted by Gasteiger charge is 2.13. The highest BCUT2D eigenvalue weighted by atomic mass is 16.5. The van der Waals surface area contributed by atoms with E-state index in [0.29, 0.717) is 18.6 Å². The van der Waals surface area contributed by atoms with Crippen molar-refractivity contribution in [3.8, 4) is 11.5 Å². The van der Waals surface area contributed by atoms with Crippen LogP contribution in [0.1, 0.15) is 27.7 Å². The molecule has 0 unspecified atom stereocenters. The van der Waals surface area contributed by atoms with Crippen molar-refractivity contribution in [3.05, 3.63) is 54.6 Å². The summed E-state index contributed by atoms with van der Waals surface area (Å²) in [6.07, 6.45) is 0. The van der Waals surface area contributed by atoms with Crippen LogP contribution < -0.4 is 15.4 Å². The van der Waals surface area contributed by atoms with Gasteiger partial charge in [0.15, 0.2) is 0 Å². The van der Waals surface area contributed by atoms with Gasteiger partial charge in [0.25, 0.3) is 0 Å². The number of hydrogen-bond donors (Lipinski definition) is 2. The van der Waals surface area contributed by atoms with Gasteiger partial charge in [0.05, 0.1) is 0 Å². The molecule has 0 aliphatic heterocycles. The van der Waals surface area contributed by atoms with E-state index in [-0.39, 0.29) is 6.03 Å². The Morgan fingerprint density at radius 1 is 0.923 bits per heavy atom. The number of urea groups is 1. The molecule has 0 radical (unpaired) electrons. The van der Waals surface area contributed by atoms with Crippen molar-refractivity contribution in [2.75, 3.05) is 18.4 Å². The van der Waals surface area contributed by atoms with Crippen LogP contribution in [-0.2, 0) is 0 Å². The van der Waals surface area contributed by atoms with Gasteiger partial charge < -0.3 is 15.4 Å². The number of ether oxygens (including phenoxy) is 1. The lowest BCUT2D eigenvalue weighted by atomic mass is 10.2. The molecule has 0 saturated carbocycles. The van der Waals surface area contributed by atoms with Crippen LogP contribution in [0.2, 0.25) is 0 Å². The fourth-order valence-corrected chi connectivity index (χ4v) is 2.82. The van der Waals surface area contributed by atoms with Crippen LogP contribution in [0.25, 0.3) is 0 Å². The summed E-state index contributed by atoms with van der Waals surface area (Å²) >= 11 is 0. The maximum atomic E-state index is 12.0. The summed E-state index contributed by atoms with van der Waals surface area (Å²) in [6, 6.07) is 17.6. The predicted molar refractivity (Wildman–Crippen MR) is 107 cm³/mol. The molecule has 5 nitrogen and oxygen atoms in total. The zero-order valence-corrected chi connectivity index (χ0v) is 16.0. The minimum atomic E-state index is -0.200. The van der Waals surface area contributed by atoms with Crippen LogP contribution in [0, 0.1) is 0 Å². The van der Waals surface area contributed by atoms with E-state index in [1.807, 2.05) is 54.6 Å². The number of carbonyl (C=O) groups is 1. The lowest BCUT2D eigenvalue weighted by molar-refractivity contribution is 0.176. The van der Waals surface area contributed by atoms with E-state index in [4.69, 9.17) is 4.74 Å². The maximum absolute atomic E-state index is 12.0. The zero-order valence-electron chi connectivity index (χ0n) is 16.0. The molecule has 0 spiro atoms. The van der Waals surface area contributed by atoms with Crippen LogP contribution in [0.5, 0.6) is 11.5 Å². The van der Waals surface area contributed by atoms with Crippen molar-refractivity contribution in [2.45, 2.75) is 39.8 Å². The van der Waals surface area contributed by atoms with Crippen LogP contribution >= 0.6 is 0 Å². The Labute approximate surface area is 156 Å². The third-order valence-electron chi connectivity index (χ3n) is 4.07. The Morgan fingerprint density at radius 2 is 1.50 bits per heavy atom. The lowest BCUT2D eigenvalue weighted by Gasteiger charge is -2.30. The molecule has 26 heavy (non-hydrogen) atoms. The highest BCUT2D eigenvalue weighted by Crippen LogP contribution is 2.22. The number of anilines is 1. The summed E-state index contributed by atoms with van der Waals surface area (Å²) in [5.74, 6) is 1.51. The van der Waals surface area contributed by atoms with Gasteiger partial charge in [-0.15, -0.1) is 0 Å². The van der Waals surface area contributed by atoms with Gasteiger partial charge in [0.2, 0.25) is 0 Å². The topological polar surface area (TPSA) is 53.6 Å². The van der Waals surface area contributed by atoms with Gasteiger partial charge in [0, 0.05) is 30.9 Å². The van der Waals surface area contributed by atoms with Gasteiger partial charge in [0.1, 0.15) is 11.5 Å². The summed E-state index contributed by atoms with van der Waals surface area (Å²) < 4.78 is 5.74. The second-order valence-corrected chi connectivity index (χ2v) is 6.75. The first kappa shape index (κ1) is 19.8. The molecule has 0 aliphatic carbocycles. The number of hydrogen-bond acceptors (Lipinski definition) is 3. The van der Waals surface area contributed by atoms with Crippen molar-refractivity contribution in [1.82, 2.24) is 10.2 Å². The number of amides is 2. The Bertz CT molecular complexity index is 661. The van der Waals surface area contributed by atoms with Gasteiger partial charge >= 0.3 is 6.03 Å². The Kier molecular flexibility index (Phi) is 7.48. The third-order valence-corrected chi connectivity index (χ3v) is 4.07. The molecular formula is C21H29N3O2. The van der Waals surface area contributed by atoms with Gasteiger partial charge in [-0.25, -0.2) is 4.79 Å². The molecular weight excluding hydrogens is 326 g/mol. The molecule has 0 aromatic heterocycles. The van der Waals surface area contributed by atoms with E-state index >= 15 is 0 Å². The largest absolute Gasteiger partial charge is 0.457 e. The minimum Gasteiger partial charge on any atom is -0.457 e. The van der Waals surface area contributed by atoms with Crippen molar-refractivity contribution < 1.29 is 9.53 Å². The molecule has 140 valence electrons. The number of rotatable bonds is 8. The first-order valence-electron chi connectivity index (χ1n) is 9.09. The number of nitrogens with one attached hydrogen (secondary N) is 2. The molecule has 2 N–H and O–H groups in total. The van der Waals surface area contributed by atoms with Crippen LogP contribution in [0.3, 0.4) is 0 Å². The Balaban J connectivity index is 1.78. The summed E-state index contributed by atoms with van der Waals surface area (Å²) in [5, 5.41) is 5.74. The molecule has 2 aromatic rings. The molecule has 0 atom stereocenters. The average Bonchev–Trinajstić information content (AvgIpc) is 2.60. The van der Waals surface area contributed by atoms with Gasteiger partial charge in [-0.2, -0.15) is 0 Å². The molecule has 2 amide bonds. The molecule has 0 heterocycles. The summed E-state index contributed by atoms with van der Waals surface area (Å²) in [7, 11) is 0. The number of carbonyl (C=O) groups excluding carboxylic acids is 1. The Morgan fingerprint density at radius 3 is 2.08 bits per heavy atom. The average molecular weight is 355 g/mol. The zero-order chi connectivity index (χ0) is 18.9. The summed E-state index contributed by atoms with van der Waals surface area (Å²) in [6.45, 7) is 10.1. The first-order valence-corrected chi connectivity index (χ1v) is 9.09. The van der Waals surface area contributed by atoms with Crippen LogP contribution in [-0.4, -0.2) is 36.1 Å². The van der Waals surface area contributed by atoms with Gasteiger partial charge in [-0.05, 0) is 64.1 Å². The molecule has 5 heteroatoms. The van der Waals surface area contributed by atoms with Crippen molar-refractivity contribution in [3.63, 3.8) is 0 Å². The van der Waals surface area contributed by atoms with Crippen molar-refractivity contribution in [1.29, 1.82) is 0 Å². The fourth-order valence-electron chi connectivity index (χ4n) is 2.82.